The molecule has 1 atom stereocenters. The SMILES string of the molecule is C=CC(=O)N1CCC(Nc2cc3c(Nc4ccc(Oc5ccnc(N6CCC[C@@H](OC)C6)c5)cc4)ncnc3cc2OC)CC1. The van der Waals surface area contributed by atoms with Crippen molar-refractivity contribution in [1.82, 2.24) is 19.9 Å². The Kier molecular flexibility index (Phi) is 9.25. The summed E-state index contributed by atoms with van der Waals surface area (Å²) in [6.45, 7) is 6.75. The molecule has 234 valence electrons. The van der Waals surface area contributed by atoms with Crippen molar-refractivity contribution in [2.45, 2.75) is 37.8 Å². The van der Waals surface area contributed by atoms with Crippen molar-refractivity contribution in [2.24, 2.45) is 0 Å². The van der Waals surface area contributed by atoms with E-state index in [0.29, 0.717) is 24.7 Å². The third kappa shape index (κ3) is 7.09. The van der Waals surface area contributed by atoms with Gasteiger partial charge in [-0.15, -0.1) is 0 Å². The van der Waals surface area contributed by atoms with Crippen molar-refractivity contribution in [1.29, 1.82) is 0 Å². The van der Waals surface area contributed by atoms with Crippen LogP contribution in [0.25, 0.3) is 10.9 Å². The molecule has 2 N–H and O–H groups in total. The molecule has 4 aromatic rings. The first kappa shape index (κ1) is 30.1. The number of nitrogens with zero attached hydrogens (tertiary/aromatic N) is 5. The number of ether oxygens (including phenoxy) is 3. The molecule has 11 nitrogen and oxygen atoms in total. The first-order valence-electron chi connectivity index (χ1n) is 15.3. The number of amides is 1. The van der Waals surface area contributed by atoms with E-state index < -0.39 is 0 Å². The number of anilines is 4. The number of pyridine rings is 1. The van der Waals surface area contributed by atoms with Crippen LogP contribution in [-0.4, -0.2) is 78.3 Å². The van der Waals surface area contributed by atoms with E-state index in [2.05, 4.69) is 37.1 Å². The van der Waals surface area contributed by atoms with Gasteiger partial charge in [0, 0.05) is 68.7 Å². The van der Waals surface area contributed by atoms with Crippen LogP contribution < -0.4 is 25.0 Å². The molecule has 2 aromatic heterocycles. The lowest BCUT2D eigenvalue weighted by Crippen LogP contribution is -2.41. The number of benzene rings is 2. The first-order valence-corrected chi connectivity index (χ1v) is 15.3. The van der Waals surface area contributed by atoms with Gasteiger partial charge in [-0.1, -0.05) is 6.58 Å². The number of nitrogens with one attached hydrogen (secondary N) is 2. The van der Waals surface area contributed by atoms with Gasteiger partial charge in [-0.05, 0) is 68.2 Å². The van der Waals surface area contributed by atoms with Gasteiger partial charge in [-0.3, -0.25) is 4.79 Å². The number of methoxy groups -OCH3 is 2. The first-order chi connectivity index (χ1) is 22.0. The number of hydrogen-bond donors (Lipinski definition) is 2. The summed E-state index contributed by atoms with van der Waals surface area (Å²) >= 11 is 0. The van der Waals surface area contributed by atoms with Crippen LogP contribution in [0.3, 0.4) is 0 Å². The Hall–Kier alpha value is -4.90. The average molecular weight is 610 g/mol. The Morgan fingerprint density at radius 3 is 2.56 bits per heavy atom. The molecule has 0 spiro atoms. The molecule has 2 aliphatic rings. The molecule has 2 saturated heterocycles. The molecule has 0 unspecified atom stereocenters. The molecule has 11 heteroatoms. The van der Waals surface area contributed by atoms with Crippen LogP contribution in [0, 0.1) is 0 Å². The maximum absolute atomic E-state index is 12.0. The number of rotatable bonds is 10. The van der Waals surface area contributed by atoms with Gasteiger partial charge in [0.2, 0.25) is 5.91 Å². The molecule has 0 aliphatic carbocycles. The molecular formula is C34H39N7O4. The van der Waals surface area contributed by atoms with Gasteiger partial charge in [-0.25, -0.2) is 15.0 Å². The second-order valence-electron chi connectivity index (χ2n) is 11.3. The molecule has 1 amide bonds. The highest BCUT2D eigenvalue weighted by molar-refractivity contribution is 5.95. The summed E-state index contributed by atoms with van der Waals surface area (Å²) in [7, 11) is 3.42. The van der Waals surface area contributed by atoms with Gasteiger partial charge in [0.05, 0.1) is 24.4 Å². The van der Waals surface area contributed by atoms with Crippen LogP contribution in [0.2, 0.25) is 0 Å². The van der Waals surface area contributed by atoms with Crippen molar-refractivity contribution in [2.75, 3.05) is 55.9 Å². The lowest BCUT2D eigenvalue weighted by Gasteiger charge is -2.32. The predicted molar refractivity (Wildman–Crippen MR) is 176 cm³/mol. The van der Waals surface area contributed by atoms with Crippen LogP contribution in [0.5, 0.6) is 17.2 Å². The minimum Gasteiger partial charge on any atom is -0.495 e. The van der Waals surface area contributed by atoms with Crippen molar-refractivity contribution in [3.8, 4) is 17.2 Å². The second-order valence-corrected chi connectivity index (χ2v) is 11.3. The van der Waals surface area contributed by atoms with E-state index in [9.17, 15) is 4.79 Å². The molecule has 6 rings (SSSR count). The predicted octanol–water partition coefficient (Wildman–Crippen LogP) is 5.77. The molecule has 2 aromatic carbocycles. The van der Waals surface area contributed by atoms with Gasteiger partial charge in [0.15, 0.2) is 0 Å². The average Bonchev–Trinajstić information content (AvgIpc) is 3.09. The monoisotopic (exact) mass is 609 g/mol. The summed E-state index contributed by atoms with van der Waals surface area (Å²) in [6, 6.07) is 15.7. The highest BCUT2D eigenvalue weighted by atomic mass is 16.5. The van der Waals surface area contributed by atoms with Gasteiger partial charge < -0.3 is 34.6 Å². The highest BCUT2D eigenvalue weighted by Crippen LogP contribution is 2.35. The van der Waals surface area contributed by atoms with E-state index in [1.807, 2.05) is 53.4 Å². The normalized spacial score (nSPS) is 17.2. The Labute approximate surface area is 263 Å². The summed E-state index contributed by atoms with van der Waals surface area (Å²) in [4.78, 5) is 29.6. The quantitative estimate of drug-likeness (QED) is 0.215. The van der Waals surface area contributed by atoms with E-state index in [4.69, 9.17) is 14.2 Å². The minimum absolute atomic E-state index is 0.0236. The number of fused-ring (bicyclic) bond motifs is 1. The molecule has 4 heterocycles. The van der Waals surface area contributed by atoms with Gasteiger partial charge >= 0.3 is 0 Å². The Morgan fingerprint density at radius 2 is 1.80 bits per heavy atom. The summed E-state index contributed by atoms with van der Waals surface area (Å²) < 4.78 is 17.4. The third-order valence-electron chi connectivity index (χ3n) is 8.40. The smallest absolute Gasteiger partial charge is 0.245 e. The van der Waals surface area contributed by atoms with Crippen LogP contribution in [-0.2, 0) is 9.53 Å². The zero-order chi connectivity index (χ0) is 31.2. The Morgan fingerprint density at radius 1 is 0.978 bits per heavy atom. The van der Waals surface area contributed by atoms with Crippen LogP contribution >= 0.6 is 0 Å². The largest absolute Gasteiger partial charge is 0.495 e. The second kappa shape index (κ2) is 13.8. The molecule has 2 aliphatic heterocycles. The summed E-state index contributed by atoms with van der Waals surface area (Å²) in [5.41, 5.74) is 2.49. The standard InChI is InChI=1S/C34H39N7O4/c1-4-33(42)40-16-12-24(13-17-40)38-30-19-28-29(20-31(30)44-3)36-22-37-34(28)39-23-7-9-25(10-8-23)45-26-11-14-35-32(18-26)41-15-5-6-27(21-41)43-2/h4,7-11,14,18-20,22,24,27,38H,1,5-6,12-13,15-17,21H2,2-3H3,(H,36,37,39)/t27-/m1/s1. The number of hydrogen-bond acceptors (Lipinski definition) is 10. The molecule has 2 fully saturated rings. The molecule has 0 bridgehead atoms. The molecule has 0 saturated carbocycles. The summed E-state index contributed by atoms with van der Waals surface area (Å²) in [5, 5.41) is 7.91. The fraction of sp³-hybridized carbons (Fsp3) is 0.353. The lowest BCUT2D eigenvalue weighted by molar-refractivity contribution is -0.126. The fourth-order valence-corrected chi connectivity index (χ4v) is 5.91. The molecule has 0 radical (unpaired) electrons. The fourth-order valence-electron chi connectivity index (χ4n) is 5.91. The van der Waals surface area contributed by atoms with Crippen molar-refractivity contribution in [3.05, 3.63) is 73.7 Å². The number of carbonyl (C=O) groups is 1. The minimum atomic E-state index is -0.0236. The summed E-state index contributed by atoms with van der Waals surface area (Å²) in [6.07, 6.45) is 8.73. The summed E-state index contributed by atoms with van der Waals surface area (Å²) in [5.74, 6) is 3.70. The lowest BCUT2D eigenvalue weighted by atomic mass is 10.0. The van der Waals surface area contributed by atoms with Crippen LogP contribution in [0.4, 0.5) is 23.0 Å². The Bertz CT molecular complexity index is 1640. The molecule has 45 heavy (non-hydrogen) atoms. The maximum Gasteiger partial charge on any atom is 0.245 e. The van der Waals surface area contributed by atoms with E-state index in [1.165, 1.54) is 6.08 Å². The number of aromatic nitrogens is 3. The van der Waals surface area contributed by atoms with Crippen molar-refractivity contribution >= 4 is 39.8 Å². The Balaban J connectivity index is 1.14. The van der Waals surface area contributed by atoms with Gasteiger partial charge in [-0.2, -0.15) is 0 Å². The molecular weight excluding hydrogens is 570 g/mol. The van der Waals surface area contributed by atoms with E-state index in [0.717, 1.165) is 78.4 Å². The van der Waals surface area contributed by atoms with Gasteiger partial charge in [0.25, 0.3) is 0 Å². The van der Waals surface area contributed by atoms with Crippen molar-refractivity contribution < 1.29 is 19.0 Å². The van der Waals surface area contributed by atoms with Crippen LogP contribution in [0.1, 0.15) is 25.7 Å². The zero-order valence-electron chi connectivity index (χ0n) is 25.7. The highest BCUT2D eigenvalue weighted by Gasteiger charge is 2.23. The third-order valence-corrected chi connectivity index (χ3v) is 8.40. The maximum atomic E-state index is 12.0. The van der Waals surface area contributed by atoms with E-state index in [1.54, 1.807) is 26.7 Å². The van der Waals surface area contributed by atoms with Gasteiger partial charge in [0.1, 0.15) is 35.2 Å². The number of piperidine rings is 2. The van der Waals surface area contributed by atoms with E-state index >= 15 is 0 Å². The topological polar surface area (TPSA) is 114 Å². The zero-order valence-corrected chi connectivity index (χ0v) is 25.7. The van der Waals surface area contributed by atoms with Crippen molar-refractivity contribution in [3.63, 3.8) is 0 Å². The number of carbonyl (C=O) groups excluding carboxylic acids is 1. The van der Waals surface area contributed by atoms with Crippen LogP contribution in [0.15, 0.2) is 73.7 Å². The van der Waals surface area contributed by atoms with E-state index in [-0.39, 0.29) is 18.1 Å². The number of likely N-dealkylation sites (tertiary alicyclic amines) is 1.